The second-order valence-corrected chi connectivity index (χ2v) is 3.36. The van der Waals surface area contributed by atoms with Crippen molar-refractivity contribution in [3.63, 3.8) is 0 Å². The molecule has 6 heteroatoms. The van der Waals surface area contributed by atoms with E-state index in [2.05, 4.69) is 11.1 Å². The summed E-state index contributed by atoms with van der Waals surface area (Å²) < 4.78 is 6.70. The van der Waals surface area contributed by atoms with Gasteiger partial charge in [0.2, 0.25) is 5.69 Å². The van der Waals surface area contributed by atoms with Crippen molar-refractivity contribution in [2.24, 2.45) is 12.2 Å². The zero-order valence-corrected chi connectivity index (χ0v) is 12.0. The van der Waals surface area contributed by atoms with Crippen LogP contribution < -0.4 is 28.5 Å². The normalized spacial score (nSPS) is 9.56. The summed E-state index contributed by atoms with van der Waals surface area (Å²) in [6.45, 7) is 0.172. The van der Waals surface area contributed by atoms with E-state index in [4.69, 9.17) is 16.4 Å². The Morgan fingerprint density at radius 1 is 1.67 bits per heavy atom. The zero-order chi connectivity index (χ0) is 12.7. The molecule has 0 bridgehead atoms. The maximum Gasteiger partial charge on any atom is 0.318 e. The molecule has 1 heterocycles. The summed E-state index contributed by atoms with van der Waals surface area (Å²) in [5.41, 5.74) is 1.55. The topological polar surface area (TPSA) is 62.8 Å². The number of carbonyl (C=O) groups excluding carboxylic acids is 1. The van der Waals surface area contributed by atoms with Gasteiger partial charge in [0.15, 0.2) is 6.20 Å². The van der Waals surface area contributed by atoms with Crippen LogP contribution in [0, 0.1) is 12.3 Å². The van der Waals surface area contributed by atoms with E-state index in [1.165, 1.54) is 6.21 Å². The van der Waals surface area contributed by atoms with Crippen LogP contribution in [0.1, 0.15) is 17.7 Å². The maximum absolute atomic E-state index is 11.0. The minimum atomic E-state index is -0.420. The van der Waals surface area contributed by atoms with E-state index in [1.54, 1.807) is 29.9 Å². The van der Waals surface area contributed by atoms with Gasteiger partial charge in [0.05, 0.1) is 5.56 Å². The molecule has 1 aromatic heterocycles. The minimum Gasteiger partial charge on any atom is -1.00 e. The Bertz CT molecular complexity index is 481. The van der Waals surface area contributed by atoms with Gasteiger partial charge in [-0.05, 0) is 6.07 Å². The fourth-order valence-electron chi connectivity index (χ4n) is 1.25. The third kappa shape index (κ3) is 5.14. The number of aryl methyl sites for hydroxylation is 1. The second-order valence-electron chi connectivity index (χ2n) is 3.36. The molecular formula is C12H13IN2O3. The van der Waals surface area contributed by atoms with Crippen molar-refractivity contribution in [1.82, 2.24) is 0 Å². The van der Waals surface area contributed by atoms with Crippen molar-refractivity contribution in [3.8, 4) is 12.3 Å². The molecule has 0 aromatic carbocycles. The van der Waals surface area contributed by atoms with Gasteiger partial charge < -0.3 is 33.9 Å². The first kappa shape index (κ1) is 16.4. The summed E-state index contributed by atoms with van der Waals surface area (Å²) in [7, 11) is 1.80. The second kappa shape index (κ2) is 8.47. The highest BCUT2D eigenvalue weighted by Gasteiger charge is 2.07. The Hall–Kier alpha value is -1.62. The van der Waals surface area contributed by atoms with E-state index in [0.29, 0.717) is 0 Å². The van der Waals surface area contributed by atoms with Crippen LogP contribution in [0.25, 0.3) is 0 Å². The van der Waals surface area contributed by atoms with Crippen LogP contribution in [-0.4, -0.2) is 17.4 Å². The standard InChI is InChI=1S/C12H12N2O3.HI/c1-3-4-12(15)17-9-10-5-6-11(7-13-16)14(2)8-10;/h1,5-8H,4,9H2,2H3;1H. The lowest BCUT2D eigenvalue weighted by molar-refractivity contribution is -0.672. The number of rotatable bonds is 4. The van der Waals surface area contributed by atoms with Crippen molar-refractivity contribution in [2.75, 3.05) is 0 Å². The largest absolute Gasteiger partial charge is 1.00 e. The number of halogens is 1. The fourth-order valence-corrected chi connectivity index (χ4v) is 1.25. The highest BCUT2D eigenvalue weighted by atomic mass is 127. The number of aromatic nitrogens is 1. The maximum atomic E-state index is 11.0. The molecule has 0 radical (unpaired) electrons. The zero-order valence-electron chi connectivity index (χ0n) is 9.84. The van der Waals surface area contributed by atoms with E-state index in [-0.39, 0.29) is 37.0 Å². The predicted octanol–water partition coefficient (Wildman–Crippen LogP) is -2.61. The average molecular weight is 360 g/mol. The molecule has 0 aliphatic heterocycles. The molecule has 1 aromatic rings. The highest BCUT2D eigenvalue weighted by molar-refractivity contribution is 5.74. The third-order valence-corrected chi connectivity index (χ3v) is 2.07. The lowest BCUT2D eigenvalue weighted by Crippen LogP contribution is -3.00. The van der Waals surface area contributed by atoms with Gasteiger partial charge in [-0.3, -0.25) is 4.79 Å². The Labute approximate surface area is 122 Å². The van der Waals surface area contributed by atoms with Crippen LogP contribution in [0.3, 0.4) is 0 Å². The SMILES string of the molecule is C#CCC(=O)OCc1ccc(C=NO)[n+](C)c1.[I-]. The first-order valence-electron chi connectivity index (χ1n) is 4.92. The molecule has 1 rings (SSSR count). The third-order valence-electron chi connectivity index (χ3n) is 2.07. The number of terminal acetylenes is 1. The van der Waals surface area contributed by atoms with Crippen molar-refractivity contribution >= 4 is 12.2 Å². The Balaban J connectivity index is 0.00000289. The van der Waals surface area contributed by atoms with Gasteiger partial charge in [0, 0.05) is 6.07 Å². The number of pyridine rings is 1. The Morgan fingerprint density at radius 3 is 2.94 bits per heavy atom. The van der Waals surface area contributed by atoms with Crippen LogP contribution in [0.15, 0.2) is 23.5 Å². The molecule has 0 aliphatic rings. The monoisotopic (exact) mass is 360 g/mol. The molecule has 0 unspecified atom stereocenters. The molecule has 0 saturated carbocycles. The summed E-state index contributed by atoms with van der Waals surface area (Å²) in [5, 5.41) is 11.4. The quantitative estimate of drug-likeness (QED) is 0.122. The molecule has 0 aliphatic carbocycles. The van der Waals surface area contributed by atoms with E-state index < -0.39 is 5.97 Å². The predicted molar refractivity (Wildman–Crippen MR) is 60.2 cm³/mol. The first-order chi connectivity index (χ1) is 8.17. The molecule has 0 amide bonds. The molecule has 96 valence electrons. The first-order valence-corrected chi connectivity index (χ1v) is 4.92. The summed E-state index contributed by atoms with van der Waals surface area (Å²) in [6, 6.07) is 3.53. The molecular weight excluding hydrogens is 347 g/mol. The molecule has 0 atom stereocenters. The van der Waals surface area contributed by atoms with Crippen molar-refractivity contribution in [3.05, 3.63) is 29.6 Å². The number of nitrogens with zero attached hydrogens (tertiary/aromatic N) is 2. The molecule has 0 fully saturated rings. The molecule has 1 N–H and O–H groups in total. The van der Waals surface area contributed by atoms with E-state index in [0.717, 1.165) is 11.3 Å². The molecule has 0 spiro atoms. The Kier molecular flexibility index (Phi) is 7.71. The number of ether oxygens (including phenoxy) is 1. The van der Waals surface area contributed by atoms with Crippen molar-refractivity contribution < 1.29 is 43.3 Å². The van der Waals surface area contributed by atoms with Gasteiger partial charge in [0.1, 0.15) is 26.3 Å². The minimum absolute atomic E-state index is 0. The van der Waals surface area contributed by atoms with Crippen LogP contribution in [-0.2, 0) is 23.2 Å². The number of hydrogen-bond acceptors (Lipinski definition) is 4. The molecule has 5 nitrogen and oxygen atoms in total. The van der Waals surface area contributed by atoms with Crippen LogP contribution in [0.5, 0.6) is 0 Å². The van der Waals surface area contributed by atoms with E-state index in [1.807, 2.05) is 0 Å². The lowest BCUT2D eigenvalue weighted by atomic mass is 10.2. The van der Waals surface area contributed by atoms with Crippen molar-refractivity contribution in [2.45, 2.75) is 13.0 Å². The highest BCUT2D eigenvalue weighted by Crippen LogP contribution is 2.00. The van der Waals surface area contributed by atoms with Gasteiger partial charge in [-0.15, -0.1) is 6.42 Å². The van der Waals surface area contributed by atoms with Gasteiger partial charge in [-0.1, -0.05) is 11.1 Å². The van der Waals surface area contributed by atoms with Gasteiger partial charge >= 0.3 is 5.97 Å². The van der Waals surface area contributed by atoms with Crippen LogP contribution >= 0.6 is 0 Å². The van der Waals surface area contributed by atoms with Gasteiger partial charge in [-0.2, -0.15) is 4.57 Å². The van der Waals surface area contributed by atoms with Gasteiger partial charge in [0.25, 0.3) is 0 Å². The summed E-state index contributed by atoms with van der Waals surface area (Å²) >= 11 is 0. The van der Waals surface area contributed by atoms with Crippen LogP contribution in [0.2, 0.25) is 0 Å². The smallest absolute Gasteiger partial charge is 0.318 e. The Morgan fingerprint density at radius 2 is 2.39 bits per heavy atom. The van der Waals surface area contributed by atoms with Crippen molar-refractivity contribution in [1.29, 1.82) is 0 Å². The van der Waals surface area contributed by atoms with Crippen LogP contribution in [0.4, 0.5) is 0 Å². The molecule has 18 heavy (non-hydrogen) atoms. The average Bonchev–Trinajstić information content (AvgIpc) is 2.30. The summed E-state index contributed by atoms with van der Waals surface area (Å²) in [4.78, 5) is 11.0. The summed E-state index contributed by atoms with van der Waals surface area (Å²) in [5.74, 6) is 1.80. The number of oxime groups is 1. The van der Waals surface area contributed by atoms with Gasteiger partial charge in [-0.25, -0.2) is 0 Å². The lowest BCUT2D eigenvalue weighted by Gasteiger charge is -2.02. The number of hydrogen-bond donors (Lipinski definition) is 1. The summed E-state index contributed by atoms with van der Waals surface area (Å²) in [6.07, 6.45) is 8.05. The van der Waals surface area contributed by atoms with E-state index >= 15 is 0 Å². The fraction of sp³-hybridized carbons (Fsp3) is 0.250. The van der Waals surface area contributed by atoms with E-state index in [9.17, 15) is 4.79 Å². The number of carbonyl (C=O) groups is 1. The number of esters is 1. The molecule has 0 saturated heterocycles.